The summed E-state index contributed by atoms with van der Waals surface area (Å²) in [6, 6.07) is 10.3. The van der Waals surface area contributed by atoms with Gasteiger partial charge in [0, 0.05) is 0 Å². The number of rotatable bonds is 0. The highest BCUT2D eigenvalue weighted by molar-refractivity contribution is 5.94. The second kappa shape index (κ2) is 3.35. The van der Waals surface area contributed by atoms with Gasteiger partial charge in [-0.05, 0) is 24.3 Å². The molecule has 2 aromatic carbocycles. The lowest BCUT2D eigenvalue weighted by Crippen LogP contribution is -2.05. The lowest BCUT2D eigenvalue weighted by Gasteiger charge is -2.00. The third-order valence-electron chi connectivity index (χ3n) is 3.09. The van der Waals surface area contributed by atoms with Crippen LogP contribution < -0.4 is 11.1 Å². The minimum atomic E-state index is -0.412. The zero-order valence-electron chi connectivity index (χ0n) is 9.60. The Balaban J connectivity index is 2.27. The summed E-state index contributed by atoms with van der Waals surface area (Å²) >= 11 is 0. The van der Waals surface area contributed by atoms with Gasteiger partial charge in [0.15, 0.2) is 22.3 Å². The van der Waals surface area contributed by atoms with Crippen molar-refractivity contribution in [2.24, 2.45) is 0 Å². The van der Waals surface area contributed by atoms with Gasteiger partial charge in [0.2, 0.25) is 0 Å². The highest BCUT2D eigenvalue weighted by atomic mass is 16.4. The SMILES string of the molecule is O=c1[nH]c(=O)c2cc3oc4ccccc4oc3cc12. The average molecular weight is 253 g/mol. The molecule has 0 unspecified atom stereocenters. The third-order valence-corrected chi connectivity index (χ3v) is 3.09. The smallest absolute Gasteiger partial charge is 0.259 e. The van der Waals surface area contributed by atoms with Crippen LogP contribution in [0.15, 0.2) is 54.8 Å². The van der Waals surface area contributed by atoms with Gasteiger partial charge in [-0.15, -0.1) is 0 Å². The van der Waals surface area contributed by atoms with E-state index in [-0.39, 0.29) is 0 Å². The van der Waals surface area contributed by atoms with Crippen molar-refractivity contribution in [2.75, 3.05) is 0 Å². The second-order valence-electron chi connectivity index (χ2n) is 4.28. The van der Waals surface area contributed by atoms with E-state index in [0.29, 0.717) is 33.1 Å². The van der Waals surface area contributed by atoms with Crippen LogP contribution in [0.25, 0.3) is 33.1 Å². The molecule has 0 aliphatic heterocycles. The number of benzene rings is 2. The summed E-state index contributed by atoms with van der Waals surface area (Å²) < 4.78 is 11.3. The first-order valence-electron chi connectivity index (χ1n) is 5.71. The zero-order valence-corrected chi connectivity index (χ0v) is 9.60. The Morgan fingerprint density at radius 1 is 0.737 bits per heavy atom. The number of H-pyrrole nitrogens is 1. The number of para-hydroxylation sites is 2. The Kier molecular flexibility index (Phi) is 1.79. The first-order valence-corrected chi connectivity index (χ1v) is 5.71. The van der Waals surface area contributed by atoms with Gasteiger partial charge < -0.3 is 8.83 Å². The molecule has 0 aliphatic carbocycles. The minimum absolute atomic E-state index is 0.312. The molecule has 2 heterocycles. The van der Waals surface area contributed by atoms with E-state index in [1.165, 1.54) is 12.1 Å². The summed E-state index contributed by atoms with van der Waals surface area (Å²) in [7, 11) is 0. The number of hydrogen-bond acceptors (Lipinski definition) is 4. The molecule has 0 aliphatic rings. The Bertz CT molecular complexity index is 969. The maximum atomic E-state index is 11.6. The molecule has 5 heteroatoms. The standard InChI is InChI=1S/C14H7NO4/c16-13-7-5-11-12(6-8(7)14(17)15-13)19-10-4-2-1-3-9(10)18-11/h1-6H,(H,15,16,17). The van der Waals surface area contributed by atoms with E-state index in [9.17, 15) is 9.59 Å². The van der Waals surface area contributed by atoms with Gasteiger partial charge in [0.05, 0.1) is 10.8 Å². The fourth-order valence-corrected chi connectivity index (χ4v) is 2.19. The summed E-state index contributed by atoms with van der Waals surface area (Å²) in [6.07, 6.45) is 0. The molecule has 0 radical (unpaired) electrons. The normalized spacial score (nSPS) is 11.6. The summed E-state index contributed by atoms with van der Waals surface area (Å²) in [5.74, 6) is 0. The van der Waals surface area contributed by atoms with Crippen LogP contribution in [0.1, 0.15) is 0 Å². The molecular weight excluding hydrogens is 246 g/mol. The molecule has 0 spiro atoms. The molecule has 4 aromatic rings. The number of aromatic nitrogens is 1. The lowest BCUT2D eigenvalue weighted by molar-refractivity contribution is 0.582. The predicted octanol–water partition coefficient (Wildman–Crippen LogP) is 2.38. The van der Waals surface area contributed by atoms with Crippen molar-refractivity contribution in [1.82, 2.24) is 4.98 Å². The molecule has 0 bridgehead atoms. The van der Waals surface area contributed by atoms with Crippen LogP contribution in [-0.2, 0) is 0 Å². The monoisotopic (exact) mass is 253 g/mol. The maximum absolute atomic E-state index is 11.6. The maximum Gasteiger partial charge on any atom is 0.259 e. The van der Waals surface area contributed by atoms with Crippen LogP contribution >= 0.6 is 0 Å². The minimum Gasteiger partial charge on any atom is -0.449 e. The molecule has 5 nitrogen and oxygen atoms in total. The largest absolute Gasteiger partial charge is 0.449 e. The van der Waals surface area contributed by atoms with Crippen LogP contribution in [0.3, 0.4) is 0 Å². The summed E-state index contributed by atoms with van der Waals surface area (Å²) in [4.78, 5) is 25.4. The van der Waals surface area contributed by atoms with Crippen LogP contribution in [0.2, 0.25) is 0 Å². The first-order chi connectivity index (χ1) is 9.22. The molecule has 0 atom stereocenters. The van der Waals surface area contributed by atoms with E-state index >= 15 is 0 Å². The van der Waals surface area contributed by atoms with Gasteiger partial charge in [-0.1, -0.05) is 12.1 Å². The fourth-order valence-electron chi connectivity index (χ4n) is 2.19. The summed E-state index contributed by atoms with van der Waals surface area (Å²) in [5.41, 5.74) is 1.21. The highest BCUT2D eigenvalue weighted by Crippen LogP contribution is 2.25. The van der Waals surface area contributed by atoms with Crippen LogP contribution in [0.4, 0.5) is 0 Å². The van der Waals surface area contributed by atoms with Crippen molar-refractivity contribution in [3.8, 4) is 0 Å². The fraction of sp³-hybridized carbons (Fsp3) is 0. The Morgan fingerprint density at radius 3 is 1.68 bits per heavy atom. The molecule has 4 rings (SSSR count). The number of aromatic amines is 1. The highest BCUT2D eigenvalue weighted by Gasteiger charge is 2.11. The van der Waals surface area contributed by atoms with Crippen LogP contribution in [0, 0.1) is 0 Å². The van der Waals surface area contributed by atoms with Crippen molar-refractivity contribution < 1.29 is 8.83 Å². The van der Waals surface area contributed by atoms with Gasteiger partial charge in [-0.2, -0.15) is 0 Å². The Labute approximate surface area is 105 Å². The molecule has 1 N–H and O–H groups in total. The van der Waals surface area contributed by atoms with Gasteiger partial charge in [0.25, 0.3) is 11.1 Å². The lowest BCUT2D eigenvalue weighted by atomic mass is 10.2. The van der Waals surface area contributed by atoms with Crippen molar-refractivity contribution in [2.45, 2.75) is 0 Å². The predicted molar refractivity (Wildman–Crippen MR) is 70.4 cm³/mol. The second-order valence-corrected chi connectivity index (χ2v) is 4.28. The molecule has 0 amide bonds. The Hall–Kier alpha value is -2.82. The van der Waals surface area contributed by atoms with E-state index in [2.05, 4.69) is 4.98 Å². The summed E-state index contributed by atoms with van der Waals surface area (Å²) in [6.45, 7) is 0. The van der Waals surface area contributed by atoms with E-state index < -0.39 is 11.1 Å². The van der Waals surface area contributed by atoms with Gasteiger partial charge >= 0.3 is 0 Å². The number of nitrogens with one attached hydrogen (secondary N) is 1. The molecule has 0 fully saturated rings. The van der Waals surface area contributed by atoms with Gasteiger partial charge in [0.1, 0.15) is 0 Å². The topological polar surface area (TPSA) is 76.2 Å². The van der Waals surface area contributed by atoms with Gasteiger partial charge in [-0.25, -0.2) is 0 Å². The van der Waals surface area contributed by atoms with Crippen molar-refractivity contribution >= 4 is 33.1 Å². The Morgan fingerprint density at radius 2 is 1.21 bits per heavy atom. The quantitative estimate of drug-likeness (QED) is 0.488. The van der Waals surface area contributed by atoms with E-state index in [4.69, 9.17) is 8.83 Å². The molecular formula is C14H7NO4. The third kappa shape index (κ3) is 1.35. The summed E-state index contributed by atoms with van der Waals surface area (Å²) in [5, 5.41) is 0.624. The van der Waals surface area contributed by atoms with E-state index in [1.807, 2.05) is 12.1 Å². The molecule has 2 aromatic heterocycles. The molecule has 0 saturated carbocycles. The van der Waals surface area contributed by atoms with Crippen molar-refractivity contribution in [3.63, 3.8) is 0 Å². The van der Waals surface area contributed by atoms with E-state index in [0.717, 1.165) is 0 Å². The van der Waals surface area contributed by atoms with Crippen LogP contribution in [-0.4, -0.2) is 4.98 Å². The van der Waals surface area contributed by atoms with Crippen molar-refractivity contribution in [3.05, 3.63) is 57.1 Å². The zero-order chi connectivity index (χ0) is 13.0. The molecule has 92 valence electrons. The van der Waals surface area contributed by atoms with Crippen LogP contribution in [0.5, 0.6) is 0 Å². The number of hydrogen-bond donors (Lipinski definition) is 1. The first kappa shape index (κ1) is 10.1. The molecule has 19 heavy (non-hydrogen) atoms. The number of fused-ring (bicyclic) bond motifs is 3. The van der Waals surface area contributed by atoms with Gasteiger partial charge in [-0.3, -0.25) is 14.6 Å². The average Bonchev–Trinajstić information content (AvgIpc) is 2.69. The molecule has 0 saturated heterocycles. The van der Waals surface area contributed by atoms with Crippen molar-refractivity contribution in [1.29, 1.82) is 0 Å². The van der Waals surface area contributed by atoms with E-state index in [1.54, 1.807) is 12.1 Å².